The first-order chi connectivity index (χ1) is 9.81. The number of aromatic nitrogens is 2. The SMILES string of the molecule is NC1CCN(c2cc(Nc3ccccc3)ncn2)CC1. The van der Waals surface area contributed by atoms with Crippen molar-refractivity contribution in [2.24, 2.45) is 5.73 Å². The number of benzene rings is 1. The molecule has 0 saturated carbocycles. The molecule has 20 heavy (non-hydrogen) atoms. The van der Waals surface area contributed by atoms with Gasteiger partial charge in [0.2, 0.25) is 0 Å². The molecule has 1 saturated heterocycles. The normalized spacial score (nSPS) is 16.1. The first-order valence-electron chi connectivity index (χ1n) is 6.96. The highest BCUT2D eigenvalue weighted by atomic mass is 15.2. The lowest BCUT2D eigenvalue weighted by Crippen LogP contribution is -2.40. The Morgan fingerprint density at radius 1 is 1.10 bits per heavy atom. The van der Waals surface area contributed by atoms with Gasteiger partial charge >= 0.3 is 0 Å². The maximum Gasteiger partial charge on any atom is 0.135 e. The van der Waals surface area contributed by atoms with Crippen LogP contribution in [0.3, 0.4) is 0 Å². The number of nitrogens with one attached hydrogen (secondary N) is 1. The zero-order valence-electron chi connectivity index (χ0n) is 11.4. The highest BCUT2D eigenvalue weighted by Gasteiger charge is 2.17. The van der Waals surface area contributed by atoms with E-state index >= 15 is 0 Å². The highest BCUT2D eigenvalue weighted by Crippen LogP contribution is 2.20. The van der Waals surface area contributed by atoms with Gasteiger partial charge in [-0.2, -0.15) is 0 Å². The summed E-state index contributed by atoms with van der Waals surface area (Å²) in [5.74, 6) is 1.78. The predicted molar refractivity (Wildman–Crippen MR) is 81.2 cm³/mol. The molecule has 0 amide bonds. The maximum absolute atomic E-state index is 5.94. The Bertz CT molecular complexity index is 549. The molecule has 3 rings (SSSR count). The van der Waals surface area contributed by atoms with Gasteiger partial charge in [0.15, 0.2) is 0 Å². The number of hydrogen-bond acceptors (Lipinski definition) is 5. The van der Waals surface area contributed by atoms with E-state index in [1.807, 2.05) is 36.4 Å². The van der Waals surface area contributed by atoms with Crippen LogP contribution in [0.2, 0.25) is 0 Å². The van der Waals surface area contributed by atoms with Crippen LogP contribution in [0, 0.1) is 0 Å². The minimum atomic E-state index is 0.329. The standard InChI is InChI=1S/C15H19N5/c16-12-6-8-20(9-7-12)15-10-14(17-11-18-15)19-13-4-2-1-3-5-13/h1-5,10-12H,6-9,16H2,(H,17,18,19). The number of hydrogen-bond donors (Lipinski definition) is 2. The van der Waals surface area contributed by atoms with Gasteiger partial charge in [0.25, 0.3) is 0 Å². The Hall–Kier alpha value is -2.14. The van der Waals surface area contributed by atoms with Crippen molar-refractivity contribution < 1.29 is 0 Å². The van der Waals surface area contributed by atoms with Crippen molar-refractivity contribution in [3.63, 3.8) is 0 Å². The van der Waals surface area contributed by atoms with Gasteiger partial charge in [-0.1, -0.05) is 18.2 Å². The number of rotatable bonds is 3. The lowest BCUT2D eigenvalue weighted by molar-refractivity contribution is 0.498. The van der Waals surface area contributed by atoms with Gasteiger partial charge in [-0.15, -0.1) is 0 Å². The lowest BCUT2D eigenvalue weighted by Gasteiger charge is -2.31. The Kier molecular flexibility index (Phi) is 3.78. The van der Waals surface area contributed by atoms with E-state index in [9.17, 15) is 0 Å². The first kappa shape index (κ1) is 12.9. The fourth-order valence-electron chi connectivity index (χ4n) is 2.39. The zero-order chi connectivity index (χ0) is 13.8. The summed E-state index contributed by atoms with van der Waals surface area (Å²) < 4.78 is 0. The molecular formula is C15H19N5. The van der Waals surface area contributed by atoms with Gasteiger partial charge in [-0.25, -0.2) is 9.97 Å². The van der Waals surface area contributed by atoms with Gasteiger partial charge in [-0.3, -0.25) is 0 Å². The van der Waals surface area contributed by atoms with E-state index in [0.29, 0.717) is 6.04 Å². The third-order valence-corrected chi connectivity index (χ3v) is 3.56. The molecule has 0 atom stereocenters. The Balaban J connectivity index is 1.73. The molecule has 5 nitrogen and oxygen atoms in total. The molecule has 104 valence electrons. The van der Waals surface area contributed by atoms with Crippen LogP contribution in [0.1, 0.15) is 12.8 Å². The molecule has 0 bridgehead atoms. The summed E-state index contributed by atoms with van der Waals surface area (Å²) >= 11 is 0. The summed E-state index contributed by atoms with van der Waals surface area (Å²) in [4.78, 5) is 10.9. The minimum Gasteiger partial charge on any atom is -0.356 e. The van der Waals surface area contributed by atoms with Crippen LogP contribution in [0.25, 0.3) is 0 Å². The Morgan fingerprint density at radius 2 is 1.85 bits per heavy atom. The molecule has 5 heteroatoms. The Morgan fingerprint density at radius 3 is 2.60 bits per heavy atom. The summed E-state index contributed by atoms with van der Waals surface area (Å²) in [5, 5.41) is 3.29. The van der Waals surface area contributed by atoms with Crippen molar-refractivity contribution in [2.75, 3.05) is 23.3 Å². The van der Waals surface area contributed by atoms with Crippen LogP contribution < -0.4 is 16.0 Å². The minimum absolute atomic E-state index is 0.329. The average molecular weight is 269 g/mol. The van der Waals surface area contributed by atoms with Crippen LogP contribution in [-0.2, 0) is 0 Å². The van der Waals surface area contributed by atoms with Gasteiger partial charge in [0, 0.05) is 30.9 Å². The number of para-hydroxylation sites is 1. The van der Waals surface area contributed by atoms with E-state index in [4.69, 9.17) is 5.73 Å². The quantitative estimate of drug-likeness (QED) is 0.893. The van der Waals surface area contributed by atoms with Gasteiger partial charge in [-0.05, 0) is 25.0 Å². The first-order valence-corrected chi connectivity index (χ1v) is 6.96. The molecule has 2 heterocycles. The monoisotopic (exact) mass is 269 g/mol. The molecule has 2 aromatic rings. The number of nitrogens with zero attached hydrogens (tertiary/aromatic N) is 3. The topological polar surface area (TPSA) is 67.1 Å². The lowest BCUT2D eigenvalue weighted by atomic mass is 10.1. The molecule has 1 fully saturated rings. The summed E-state index contributed by atoms with van der Waals surface area (Å²) in [5.41, 5.74) is 6.96. The molecular weight excluding hydrogens is 250 g/mol. The van der Waals surface area contributed by atoms with E-state index in [1.54, 1.807) is 6.33 Å². The van der Waals surface area contributed by atoms with Crippen LogP contribution in [0.15, 0.2) is 42.7 Å². The van der Waals surface area contributed by atoms with Gasteiger partial charge < -0.3 is 16.0 Å². The summed E-state index contributed by atoms with van der Waals surface area (Å²) in [6.45, 7) is 1.92. The largest absolute Gasteiger partial charge is 0.356 e. The second-order valence-corrected chi connectivity index (χ2v) is 5.08. The van der Waals surface area contributed by atoms with E-state index in [-0.39, 0.29) is 0 Å². The summed E-state index contributed by atoms with van der Waals surface area (Å²) in [7, 11) is 0. The van der Waals surface area contributed by atoms with Gasteiger partial charge in [0.05, 0.1) is 0 Å². The van der Waals surface area contributed by atoms with Crippen molar-refractivity contribution in [1.29, 1.82) is 0 Å². The number of nitrogens with two attached hydrogens (primary N) is 1. The van der Waals surface area contributed by atoms with E-state index < -0.39 is 0 Å². The van der Waals surface area contributed by atoms with E-state index in [2.05, 4.69) is 20.2 Å². The molecule has 0 aliphatic carbocycles. The van der Waals surface area contributed by atoms with Crippen molar-refractivity contribution in [3.05, 3.63) is 42.7 Å². The highest BCUT2D eigenvalue weighted by molar-refractivity contribution is 5.59. The van der Waals surface area contributed by atoms with Crippen molar-refractivity contribution in [1.82, 2.24) is 9.97 Å². The smallest absolute Gasteiger partial charge is 0.135 e. The zero-order valence-corrected chi connectivity index (χ0v) is 11.4. The van der Waals surface area contributed by atoms with Gasteiger partial charge in [0.1, 0.15) is 18.0 Å². The molecule has 1 aromatic heterocycles. The fraction of sp³-hybridized carbons (Fsp3) is 0.333. The third-order valence-electron chi connectivity index (χ3n) is 3.56. The van der Waals surface area contributed by atoms with Crippen LogP contribution in [0.4, 0.5) is 17.3 Å². The van der Waals surface area contributed by atoms with E-state index in [1.165, 1.54) is 0 Å². The molecule has 0 unspecified atom stereocenters. The average Bonchev–Trinajstić information content (AvgIpc) is 2.49. The van der Waals surface area contributed by atoms with Crippen molar-refractivity contribution in [2.45, 2.75) is 18.9 Å². The van der Waals surface area contributed by atoms with E-state index in [0.717, 1.165) is 43.3 Å². The van der Waals surface area contributed by atoms with Crippen LogP contribution >= 0.6 is 0 Å². The summed E-state index contributed by atoms with van der Waals surface area (Å²) in [6.07, 6.45) is 3.64. The molecule has 3 N–H and O–H groups in total. The molecule has 0 spiro atoms. The third kappa shape index (κ3) is 3.05. The number of piperidine rings is 1. The second-order valence-electron chi connectivity index (χ2n) is 5.08. The Labute approximate surface area is 118 Å². The number of anilines is 3. The van der Waals surface area contributed by atoms with Crippen LogP contribution in [0.5, 0.6) is 0 Å². The molecule has 1 aromatic carbocycles. The van der Waals surface area contributed by atoms with Crippen LogP contribution in [-0.4, -0.2) is 29.1 Å². The molecule has 0 radical (unpaired) electrons. The molecule has 1 aliphatic rings. The van der Waals surface area contributed by atoms with Crippen molar-refractivity contribution in [3.8, 4) is 0 Å². The van der Waals surface area contributed by atoms with Crippen molar-refractivity contribution >= 4 is 17.3 Å². The predicted octanol–water partition coefficient (Wildman–Crippen LogP) is 2.15. The summed E-state index contributed by atoms with van der Waals surface area (Å²) in [6, 6.07) is 12.3. The second kappa shape index (κ2) is 5.88. The maximum atomic E-state index is 5.94. The fourth-order valence-corrected chi connectivity index (χ4v) is 2.39. The molecule has 1 aliphatic heterocycles.